The van der Waals surface area contributed by atoms with E-state index < -0.39 is 23.4 Å². The van der Waals surface area contributed by atoms with E-state index in [1.54, 1.807) is 13.0 Å². The number of hydrogen-bond acceptors (Lipinski definition) is 7. The summed E-state index contributed by atoms with van der Waals surface area (Å²) in [7, 11) is 0. The monoisotopic (exact) mass is 462 g/mol. The Morgan fingerprint density at radius 2 is 1.84 bits per heavy atom. The Morgan fingerprint density at radius 1 is 1.06 bits per heavy atom. The van der Waals surface area contributed by atoms with Crippen molar-refractivity contribution in [3.63, 3.8) is 0 Å². The van der Waals surface area contributed by atoms with E-state index in [4.69, 9.17) is 16.0 Å². The summed E-state index contributed by atoms with van der Waals surface area (Å²) >= 11 is 5.78. The maximum absolute atomic E-state index is 13.4. The third kappa shape index (κ3) is 4.46. The minimum atomic E-state index is -1.23. The van der Waals surface area contributed by atoms with E-state index in [0.717, 1.165) is 5.69 Å². The molecule has 0 unspecified atom stereocenters. The topological polar surface area (TPSA) is 154 Å². The summed E-state index contributed by atoms with van der Waals surface area (Å²) in [6.07, 6.45) is 0. The van der Waals surface area contributed by atoms with Gasteiger partial charge in [0.2, 0.25) is 5.89 Å². The lowest BCUT2D eigenvalue weighted by molar-refractivity contribution is 0.0941. The van der Waals surface area contributed by atoms with Crippen LogP contribution in [-0.2, 0) is 6.54 Å². The number of nitrogens with zero attached hydrogens (tertiary/aromatic N) is 4. The van der Waals surface area contributed by atoms with Gasteiger partial charge in [-0.3, -0.25) is 19.8 Å². The molecular formula is C18H13ClF2N8O3. The zero-order valence-electron chi connectivity index (χ0n) is 16.2. The molecule has 1 aromatic carbocycles. The van der Waals surface area contributed by atoms with E-state index in [1.165, 1.54) is 6.07 Å². The summed E-state index contributed by atoms with van der Waals surface area (Å²) in [6, 6.07) is 4.32. The van der Waals surface area contributed by atoms with Gasteiger partial charge in [0.15, 0.2) is 17.3 Å². The van der Waals surface area contributed by atoms with Crippen LogP contribution in [-0.4, -0.2) is 42.4 Å². The highest BCUT2D eigenvalue weighted by Gasteiger charge is 2.18. The molecule has 2 amide bonds. The Balaban J connectivity index is 1.36. The number of benzene rings is 1. The highest BCUT2D eigenvalue weighted by atomic mass is 35.5. The maximum atomic E-state index is 13.4. The third-order valence-electron chi connectivity index (χ3n) is 4.12. The highest BCUT2D eigenvalue weighted by Crippen LogP contribution is 2.21. The first-order valence-corrected chi connectivity index (χ1v) is 9.32. The first kappa shape index (κ1) is 21.1. The van der Waals surface area contributed by atoms with Crippen molar-refractivity contribution < 1.29 is 22.8 Å². The molecule has 0 atom stereocenters. The van der Waals surface area contributed by atoms with Gasteiger partial charge in [-0.05, 0) is 25.1 Å². The average molecular weight is 463 g/mol. The Bertz CT molecular complexity index is 1320. The van der Waals surface area contributed by atoms with Gasteiger partial charge < -0.3 is 15.1 Å². The summed E-state index contributed by atoms with van der Waals surface area (Å²) in [6.45, 7) is 1.72. The molecule has 0 radical (unpaired) electrons. The van der Waals surface area contributed by atoms with Gasteiger partial charge in [0.1, 0.15) is 11.5 Å². The number of H-pyrrole nitrogens is 2. The number of amides is 2. The van der Waals surface area contributed by atoms with Gasteiger partial charge in [0.05, 0.1) is 22.8 Å². The Morgan fingerprint density at radius 3 is 2.59 bits per heavy atom. The van der Waals surface area contributed by atoms with E-state index in [-0.39, 0.29) is 40.4 Å². The Hall–Kier alpha value is -4.13. The highest BCUT2D eigenvalue weighted by molar-refractivity contribution is 6.34. The van der Waals surface area contributed by atoms with Gasteiger partial charge in [0, 0.05) is 6.07 Å². The van der Waals surface area contributed by atoms with Crippen LogP contribution in [0.15, 0.2) is 28.7 Å². The smallest absolute Gasteiger partial charge is 0.272 e. The quantitative estimate of drug-likeness (QED) is 0.321. The van der Waals surface area contributed by atoms with Crippen molar-refractivity contribution in [3.8, 4) is 11.6 Å². The molecule has 0 aliphatic rings. The first-order valence-electron chi connectivity index (χ1n) is 8.94. The normalized spacial score (nSPS) is 10.9. The maximum Gasteiger partial charge on any atom is 0.272 e. The summed E-state index contributed by atoms with van der Waals surface area (Å²) in [5, 5.41) is 25.2. The molecule has 0 bridgehead atoms. The summed E-state index contributed by atoms with van der Waals surface area (Å²) in [5.41, 5.74) is 0.953. The molecule has 0 saturated carbocycles. The molecule has 11 nitrogen and oxygen atoms in total. The molecule has 0 aliphatic carbocycles. The number of halogens is 3. The zero-order valence-corrected chi connectivity index (χ0v) is 16.9. The predicted molar refractivity (Wildman–Crippen MR) is 106 cm³/mol. The van der Waals surface area contributed by atoms with Crippen LogP contribution in [0.5, 0.6) is 0 Å². The minimum absolute atomic E-state index is 0.0376. The molecular weight excluding hydrogens is 450 g/mol. The third-order valence-corrected chi connectivity index (χ3v) is 4.43. The number of anilines is 1. The summed E-state index contributed by atoms with van der Waals surface area (Å²) in [4.78, 5) is 24.5. The van der Waals surface area contributed by atoms with Crippen LogP contribution in [0.2, 0.25) is 5.02 Å². The van der Waals surface area contributed by atoms with Crippen LogP contribution in [0.3, 0.4) is 0 Å². The van der Waals surface area contributed by atoms with Crippen molar-refractivity contribution in [2.45, 2.75) is 13.5 Å². The second-order valence-corrected chi connectivity index (χ2v) is 6.88. The van der Waals surface area contributed by atoms with E-state index in [0.29, 0.717) is 17.8 Å². The van der Waals surface area contributed by atoms with Crippen molar-refractivity contribution in [1.29, 1.82) is 0 Å². The van der Waals surface area contributed by atoms with Crippen LogP contribution in [0.25, 0.3) is 11.6 Å². The molecule has 3 heterocycles. The van der Waals surface area contributed by atoms with Crippen molar-refractivity contribution in [2.24, 2.45) is 0 Å². The molecule has 14 heteroatoms. The van der Waals surface area contributed by atoms with Gasteiger partial charge in [-0.1, -0.05) is 11.6 Å². The van der Waals surface area contributed by atoms with E-state index in [9.17, 15) is 18.4 Å². The lowest BCUT2D eigenvalue weighted by Crippen LogP contribution is -2.23. The molecule has 4 rings (SSSR count). The zero-order chi connectivity index (χ0) is 22.8. The predicted octanol–water partition coefficient (Wildman–Crippen LogP) is 2.61. The number of aromatic nitrogens is 6. The molecule has 4 N–H and O–H groups in total. The number of hydrogen-bond donors (Lipinski definition) is 4. The standard InChI is InChI=1S/C18H13ClF2N8O3/c1-7-2-13(26-24-7)18-29-28-15(32-18)6-22-17(31)12-5-14(27-25-12)23-16(30)8-3-10(20)11(21)4-9(8)19/h2-5H,6H2,1H3,(H,22,31)(H,24,26)(H2,23,25,27,30). The lowest BCUT2D eigenvalue weighted by Gasteiger charge is -2.05. The number of aromatic amines is 2. The van der Waals surface area contributed by atoms with Gasteiger partial charge in [0.25, 0.3) is 17.7 Å². The SMILES string of the molecule is Cc1cc(-c2nnc(CNC(=O)c3cc(NC(=O)c4cc(F)c(F)cc4Cl)[nH]n3)o2)[nH]n1. The van der Waals surface area contributed by atoms with Gasteiger partial charge in [-0.2, -0.15) is 10.2 Å². The minimum Gasteiger partial charge on any atom is -0.417 e. The molecule has 0 fully saturated rings. The second-order valence-electron chi connectivity index (χ2n) is 6.47. The van der Waals surface area contributed by atoms with Crippen LogP contribution < -0.4 is 10.6 Å². The van der Waals surface area contributed by atoms with Crippen molar-refractivity contribution in [3.05, 3.63) is 63.8 Å². The van der Waals surface area contributed by atoms with Gasteiger partial charge in [-0.15, -0.1) is 10.2 Å². The molecule has 32 heavy (non-hydrogen) atoms. The number of nitrogens with one attached hydrogen (secondary N) is 4. The fraction of sp³-hybridized carbons (Fsp3) is 0.111. The molecule has 0 saturated heterocycles. The molecule has 4 aromatic rings. The molecule has 0 spiro atoms. The van der Waals surface area contributed by atoms with E-state index in [1.807, 2.05) is 0 Å². The second kappa shape index (κ2) is 8.55. The number of carbonyl (C=O) groups excluding carboxylic acids is 2. The van der Waals surface area contributed by atoms with Crippen LogP contribution in [0, 0.1) is 18.6 Å². The fourth-order valence-electron chi connectivity index (χ4n) is 2.60. The Labute approximate surface area is 182 Å². The van der Waals surface area contributed by atoms with Crippen molar-refractivity contribution in [1.82, 2.24) is 35.9 Å². The van der Waals surface area contributed by atoms with Crippen molar-refractivity contribution >= 4 is 29.2 Å². The lowest BCUT2D eigenvalue weighted by atomic mass is 10.2. The number of rotatable bonds is 6. The van der Waals surface area contributed by atoms with E-state index in [2.05, 4.69) is 41.2 Å². The molecule has 164 valence electrons. The van der Waals surface area contributed by atoms with Gasteiger partial charge >= 0.3 is 0 Å². The van der Waals surface area contributed by atoms with Crippen molar-refractivity contribution in [2.75, 3.05) is 5.32 Å². The van der Waals surface area contributed by atoms with Gasteiger partial charge in [-0.25, -0.2) is 8.78 Å². The largest absolute Gasteiger partial charge is 0.417 e. The number of aryl methyl sites for hydroxylation is 1. The summed E-state index contributed by atoms with van der Waals surface area (Å²) < 4.78 is 32.0. The van der Waals surface area contributed by atoms with Crippen LogP contribution >= 0.6 is 11.6 Å². The molecule has 3 aromatic heterocycles. The summed E-state index contributed by atoms with van der Waals surface area (Å²) in [5.74, 6) is -3.42. The number of carbonyl (C=O) groups is 2. The van der Waals surface area contributed by atoms with E-state index >= 15 is 0 Å². The average Bonchev–Trinajstić information content (AvgIpc) is 3.49. The van der Waals surface area contributed by atoms with Crippen LogP contribution in [0.1, 0.15) is 32.4 Å². The first-order chi connectivity index (χ1) is 15.3. The van der Waals surface area contributed by atoms with Crippen LogP contribution in [0.4, 0.5) is 14.6 Å². The molecule has 0 aliphatic heterocycles. The Kier molecular flexibility index (Phi) is 5.64. The fourth-order valence-corrected chi connectivity index (χ4v) is 2.84.